The van der Waals surface area contributed by atoms with Gasteiger partial charge in [0.25, 0.3) is 0 Å². The Morgan fingerprint density at radius 3 is 1.53 bits per heavy atom. The first kappa shape index (κ1) is 18.1. The molecule has 0 aliphatic heterocycles. The van der Waals surface area contributed by atoms with Gasteiger partial charge in [-0.3, -0.25) is 0 Å². The highest BCUT2D eigenvalue weighted by Gasteiger charge is 2.06. The van der Waals surface area contributed by atoms with Gasteiger partial charge in [0.05, 0.1) is 37.9 Å². The largest absolute Gasteiger partial charge is 0.473 e. The van der Waals surface area contributed by atoms with E-state index in [0.717, 1.165) is 24.0 Å². The van der Waals surface area contributed by atoms with Crippen LogP contribution < -0.4 is 0 Å². The van der Waals surface area contributed by atoms with Crippen LogP contribution in [-0.2, 0) is 4.74 Å². The molecule has 112 valence electrons. The van der Waals surface area contributed by atoms with Crippen LogP contribution in [0.2, 0.25) is 0 Å². The normalized spacial score (nSPS) is 16.3. The topological polar surface area (TPSA) is 90.2 Å². The van der Waals surface area contributed by atoms with Crippen molar-refractivity contribution in [1.82, 2.24) is 0 Å². The van der Waals surface area contributed by atoms with Crippen molar-refractivity contribution in [2.75, 3.05) is 13.2 Å². The highest BCUT2D eigenvalue weighted by atomic mass is 16.5. The lowest BCUT2D eigenvalue weighted by Crippen LogP contribution is -2.13. The van der Waals surface area contributed by atoms with E-state index in [-0.39, 0.29) is 13.2 Å². The van der Waals surface area contributed by atoms with Gasteiger partial charge in [-0.2, -0.15) is 0 Å². The van der Waals surface area contributed by atoms with Crippen molar-refractivity contribution >= 4 is 0 Å². The minimum atomic E-state index is -0.763. The number of ether oxygens (including phenoxy) is 1. The summed E-state index contributed by atoms with van der Waals surface area (Å²) in [7, 11) is 0. The van der Waals surface area contributed by atoms with Gasteiger partial charge in [-0.05, 0) is 36.8 Å². The van der Waals surface area contributed by atoms with Gasteiger partial charge in [0.15, 0.2) is 0 Å². The highest BCUT2D eigenvalue weighted by molar-refractivity contribution is 5.03. The lowest BCUT2D eigenvalue weighted by molar-refractivity contribution is 0.0936. The summed E-state index contributed by atoms with van der Waals surface area (Å²) in [5.41, 5.74) is 1.80. The van der Waals surface area contributed by atoms with Crippen LogP contribution in [0.5, 0.6) is 0 Å². The van der Waals surface area contributed by atoms with E-state index in [4.69, 9.17) is 14.9 Å². The van der Waals surface area contributed by atoms with Crippen molar-refractivity contribution in [2.24, 2.45) is 0 Å². The number of hydrogen-bond donors (Lipinski definition) is 4. The minimum Gasteiger partial charge on any atom is -0.473 e. The fraction of sp³-hybridized carbons (Fsp3) is 0.714. The molecule has 0 saturated heterocycles. The zero-order chi connectivity index (χ0) is 14.7. The molecule has 2 atom stereocenters. The van der Waals surface area contributed by atoms with E-state index in [9.17, 15) is 10.2 Å². The summed E-state index contributed by atoms with van der Waals surface area (Å²) in [6.45, 7) is 3.35. The molecule has 0 aromatic heterocycles. The Morgan fingerprint density at radius 1 is 0.895 bits per heavy atom. The van der Waals surface area contributed by atoms with Crippen molar-refractivity contribution < 1.29 is 25.2 Å². The SMILES string of the molecule is CCC(=COC=C(CC)CC(O)CO)CC(O)CO. The smallest absolute Gasteiger partial charge is 0.0894 e. The van der Waals surface area contributed by atoms with Gasteiger partial charge in [0, 0.05) is 0 Å². The van der Waals surface area contributed by atoms with Gasteiger partial charge in [-0.1, -0.05) is 13.8 Å². The summed E-state index contributed by atoms with van der Waals surface area (Å²) in [4.78, 5) is 0. The van der Waals surface area contributed by atoms with E-state index in [1.807, 2.05) is 13.8 Å². The van der Waals surface area contributed by atoms with Gasteiger partial charge in [0.2, 0.25) is 0 Å². The number of rotatable bonds is 10. The summed E-state index contributed by atoms with van der Waals surface area (Å²) < 4.78 is 5.32. The number of hydrogen-bond acceptors (Lipinski definition) is 5. The van der Waals surface area contributed by atoms with Crippen molar-refractivity contribution in [1.29, 1.82) is 0 Å². The summed E-state index contributed by atoms with van der Waals surface area (Å²) in [5, 5.41) is 36.2. The summed E-state index contributed by atoms with van der Waals surface area (Å²) >= 11 is 0. The zero-order valence-corrected chi connectivity index (χ0v) is 11.7. The molecule has 0 aromatic rings. The Bertz CT molecular complexity index is 258. The summed E-state index contributed by atoms with van der Waals surface area (Å²) in [6.07, 6.45) is 3.79. The van der Waals surface area contributed by atoms with E-state index < -0.39 is 12.2 Å². The molecule has 2 unspecified atom stereocenters. The van der Waals surface area contributed by atoms with E-state index in [1.165, 1.54) is 0 Å². The number of aliphatic hydroxyl groups excluding tert-OH is 4. The third kappa shape index (κ3) is 8.77. The van der Waals surface area contributed by atoms with E-state index in [0.29, 0.717) is 12.8 Å². The second kappa shape index (κ2) is 11.0. The third-order valence-corrected chi connectivity index (χ3v) is 2.79. The van der Waals surface area contributed by atoms with Crippen LogP contribution in [0.15, 0.2) is 23.7 Å². The van der Waals surface area contributed by atoms with Crippen molar-refractivity contribution in [3.63, 3.8) is 0 Å². The molecule has 0 aliphatic carbocycles. The van der Waals surface area contributed by atoms with E-state index in [1.54, 1.807) is 12.5 Å². The molecule has 0 aromatic carbocycles. The molecule has 0 fully saturated rings. The van der Waals surface area contributed by atoms with Gasteiger partial charge in [0.1, 0.15) is 0 Å². The zero-order valence-electron chi connectivity index (χ0n) is 11.7. The summed E-state index contributed by atoms with van der Waals surface area (Å²) in [5.74, 6) is 0. The summed E-state index contributed by atoms with van der Waals surface area (Å²) in [6, 6.07) is 0. The monoisotopic (exact) mass is 274 g/mol. The molecule has 0 heterocycles. The van der Waals surface area contributed by atoms with Crippen LogP contribution in [0.25, 0.3) is 0 Å². The molecule has 0 radical (unpaired) electrons. The molecule has 0 aliphatic rings. The van der Waals surface area contributed by atoms with Crippen molar-refractivity contribution in [3.8, 4) is 0 Å². The maximum absolute atomic E-state index is 9.34. The first-order chi connectivity index (χ1) is 9.07. The van der Waals surface area contributed by atoms with Crippen LogP contribution in [-0.4, -0.2) is 45.8 Å². The van der Waals surface area contributed by atoms with Gasteiger partial charge >= 0.3 is 0 Å². The molecule has 0 spiro atoms. The third-order valence-electron chi connectivity index (χ3n) is 2.79. The molecule has 4 N–H and O–H groups in total. The predicted molar refractivity (Wildman–Crippen MR) is 73.3 cm³/mol. The minimum absolute atomic E-state index is 0.268. The fourth-order valence-electron chi connectivity index (χ4n) is 1.51. The second-order valence-electron chi connectivity index (χ2n) is 4.48. The Kier molecular flexibility index (Phi) is 10.5. The molecule has 5 nitrogen and oxygen atoms in total. The highest BCUT2D eigenvalue weighted by Crippen LogP contribution is 2.13. The molecule has 0 amide bonds. The molecular weight excluding hydrogens is 248 g/mol. The molecule has 5 heteroatoms. The van der Waals surface area contributed by atoms with E-state index in [2.05, 4.69) is 0 Å². The molecule has 0 bridgehead atoms. The second-order valence-corrected chi connectivity index (χ2v) is 4.48. The lowest BCUT2D eigenvalue weighted by atomic mass is 10.1. The van der Waals surface area contributed by atoms with Crippen LogP contribution in [0.3, 0.4) is 0 Å². The average molecular weight is 274 g/mol. The van der Waals surface area contributed by atoms with Crippen LogP contribution in [0.4, 0.5) is 0 Å². The lowest BCUT2D eigenvalue weighted by Gasteiger charge is -2.10. The first-order valence-corrected chi connectivity index (χ1v) is 6.66. The van der Waals surface area contributed by atoms with Crippen LogP contribution >= 0.6 is 0 Å². The van der Waals surface area contributed by atoms with Crippen LogP contribution in [0.1, 0.15) is 39.5 Å². The Labute approximate surface area is 114 Å². The Hall–Kier alpha value is -0.880. The standard InChI is InChI=1S/C14H26O5/c1-3-11(5-13(17)7-15)9-19-10-12(4-2)6-14(18)8-16/h9-10,13-18H,3-8H2,1-2H3. The molecular formula is C14H26O5. The van der Waals surface area contributed by atoms with Crippen molar-refractivity contribution in [2.45, 2.75) is 51.7 Å². The Morgan fingerprint density at radius 2 is 1.26 bits per heavy atom. The van der Waals surface area contributed by atoms with Gasteiger partial charge < -0.3 is 25.2 Å². The fourth-order valence-corrected chi connectivity index (χ4v) is 1.51. The molecule has 19 heavy (non-hydrogen) atoms. The average Bonchev–Trinajstić information content (AvgIpc) is 2.44. The predicted octanol–water partition coefficient (Wildman–Crippen LogP) is 1.08. The van der Waals surface area contributed by atoms with E-state index >= 15 is 0 Å². The molecule has 0 rings (SSSR count). The van der Waals surface area contributed by atoms with Crippen molar-refractivity contribution in [3.05, 3.63) is 23.7 Å². The Balaban J connectivity index is 4.38. The first-order valence-electron chi connectivity index (χ1n) is 6.66. The maximum atomic E-state index is 9.34. The molecule has 0 saturated carbocycles. The van der Waals surface area contributed by atoms with Gasteiger partial charge in [-0.15, -0.1) is 0 Å². The van der Waals surface area contributed by atoms with Gasteiger partial charge in [-0.25, -0.2) is 0 Å². The maximum Gasteiger partial charge on any atom is 0.0894 e. The van der Waals surface area contributed by atoms with Crippen LogP contribution in [0, 0.1) is 0 Å². The quantitative estimate of drug-likeness (QED) is 0.448. The number of aliphatic hydroxyl groups is 4.